The van der Waals surface area contributed by atoms with Gasteiger partial charge in [0.2, 0.25) is 5.91 Å². The minimum Gasteiger partial charge on any atom is -0.346 e. The van der Waals surface area contributed by atoms with E-state index in [4.69, 9.17) is 0 Å². The quantitative estimate of drug-likeness (QED) is 0.711. The Kier molecular flexibility index (Phi) is 4.81. The summed E-state index contributed by atoms with van der Waals surface area (Å²) in [4.78, 5) is 29.1. The first kappa shape index (κ1) is 18.7. The van der Waals surface area contributed by atoms with E-state index < -0.39 is 24.4 Å². The Balaban J connectivity index is 1.80. The Morgan fingerprint density at radius 2 is 1.89 bits per heavy atom. The van der Waals surface area contributed by atoms with Crippen molar-refractivity contribution in [1.82, 2.24) is 29.7 Å². The van der Waals surface area contributed by atoms with Crippen LogP contribution in [0.25, 0.3) is 5.65 Å². The summed E-state index contributed by atoms with van der Waals surface area (Å²) in [5, 5.41) is 9.42. The molecule has 0 spiro atoms. The van der Waals surface area contributed by atoms with E-state index in [-0.39, 0.29) is 11.3 Å². The van der Waals surface area contributed by atoms with Gasteiger partial charge in [0.25, 0.3) is 12.0 Å². The first-order valence-corrected chi connectivity index (χ1v) is 8.41. The van der Waals surface area contributed by atoms with Crippen LogP contribution in [0.1, 0.15) is 55.1 Å². The fraction of sp³-hybridized carbons (Fsp3) is 0.412. The Hall–Kier alpha value is -3.04. The van der Waals surface area contributed by atoms with Gasteiger partial charge in [-0.1, -0.05) is 0 Å². The fourth-order valence-electron chi connectivity index (χ4n) is 2.88. The topological polar surface area (TPSA) is 97.1 Å². The summed E-state index contributed by atoms with van der Waals surface area (Å²) in [7, 11) is 0. The highest BCUT2D eigenvalue weighted by Crippen LogP contribution is 2.21. The van der Waals surface area contributed by atoms with Crippen LogP contribution in [0.5, 0.6) is 0 Å². The number of alkyl halides is 2. The second-order valence-corrected chi connectivity index (χ2v) is 6.51. The molecule has 3 aromatic heterocycles. The molecule has 3 heterocycles. The van der Waals surface area contributed by atoms with Gasteiger partial charge in [-0.15, -0.1) is 0 Å². The second-order valence-electron chi connectivity index (χ2n) is 6.51. The number of aromatic nitrogens is 5. The Bertz CT molecular complexity index is 1050. The molecule has 0 fully saturated rings. The maximum absolute atomic E-state index is 12.8. The Morgan fingerprint density at radius 3 is 2.52 bits per heavy atom. The third-order valence-electron chi connectivity index (χ3n) is 4.31. The molecule has 8 nitrogen and oxygen atoms in total. The number of fused-ring (bicyclic) bond motifs is 1. The van der Waals surface area contributed by atoms with Crippen molar-refractivity contribution in [3.8, 4) is 0 Å². The van der Waals surface area contributed by atoms with Crippen molar-refractivity contribution in [3.05, 3.63) is 51.3 Å². The lowest BCUT2D eigenvalue weighted by Gasteiger charge is -2.18. The zero-order valence-corrected chi connectivity index (χ0v) is 15.3. The average molecular weight is 378 g/mol. The number of aromatic amines is 1. The molecule has 3 rings (SSSR count). The molecular formula is C17H20F2N6O2. The number of H-pyrrole nitrogens is 1. The zero-order valence-electron chi connectivity index (χ0n) is 15.3. The molecule has 2 N–H and O–H groups in total. The molecule has 27 heavy (non-hydrogen) atoms. The van der Waals surface area contributed by atoms with E-state index in [9.17, 15) is 18.4 Å². The molecule has 0 aromatic carbocycles. The van der Waals surface area contributed by atoms with Gasteiger partial charge in [-0.25, -0.2) is 18.3 Å². The monoisotopic (exact) mass is 378 g/mol. The molecule has 0 aliphatic carbocycles. The largest absolute Gasteiger partial charge is 0.346 e. The number of rotatable bonds is 5. The number of nitrogens with one attached hydrogen (secondary N) is 2. The molecule has 0 saturated carbocycles. The van der Waals surface area contributed by atoms with Gasteiger partial charge >= 0.3 is 0 Å². The molecule has 0 aliphatic heterocycles. The second kappa shape index (κ2) is 6.93. The summed E-state index contributed by atoms with van der Waals surface area (Å²) in [6.07, 6.45) is -2.70. The molecular weight excluding hydrogens is 358 g/mol. The van der Waals surface area contributed by atoms with Crippen molar-refractivity contribution < 1.29 is 13.6 Å². The number of nitrogens with zero attached hydrogens (tertiary/aromatic N) is 4. The highest BCUT2D eigenvalue weighted by Gasteiger charge is 2.23. The Morgan fingerprint density at radius 1 is 1.19 bits per heavy atom. The molecule has 0 saturated heterocycles. The molecule has 0 aliphatic rings. The minimum atomic E-state index is -2.70. The van der Waals surface area contributed by atoms with Crippen LogP contribution in [0.4, 0.5) is 8.78 Å². The van der Waals surface area contributed by atoms with Crippen LogP contribution in [-0.2, 0) is 4.79 Å². The minimum absolute atomic E-state index is 0.290. The summed E-state index contributed by atoms with van der Waals surface area (Å²) in [6, 6.07) is 2.98. The van der Waals surface area contributed by atoms with Gasteiger partial charge in [0.15, 0.2) is 5.65 Å². The number of halogens is 2. The van der Waals surface area contributed by atoms with Crippen LogP contribution in [-0.4, -0.2) is 30.3 Å². The first-order chi connectivity index (χ1) is 12.7. The van der Waals surface area contributed by atoms with E-state index in [1.807, 2.05) is 0 Å². The average Bonchev–Trinajstić information content (AvgIpc) is 3.16. The smallest absolute Gasteiger partial charge is 0.282 e. The number of carbonyl (C=O) groups excluding carboxylic acids is 1. The van der Waals surface area contributed by atoms with Gasteiger partial charge in [0.05, 0.1) is 11.7 Å². The standard InChI is InChI=1S/C17H20F2N6O2/c1-8-5-14-21-12(7-15(26)25(14)22-8)10(3)20-17(27)11(4)24-9(2)6-13(23-24)16(18)19/h5-7,10-11,16,22H,1-4H3,(H,20,27)/t10-,11+/m1/s1. The lowest BCUT2D eigenvalue weighted by atomic mass is 10.2. The van der Waals surface area contributed by atoms with Crippen molar-refractivity contribution >= 4 is 11.6 Å². The summed E-state index contributed by atoms with van der Waals surface area (Å²) in [5.41, 5.74) is 1.44. The lowest BCUT2D eigenvalue weighted by molar-refractivity contribution is -0.124. The van der Waals surface area contributed by atoms with Gasteiger partial charge in [-0.2, -0.15) is 5.10 Å². The summed E-state index contributed by atoms with van der Waals surface area (Å²) < 4.78 is 28.2. The van der Waals surface area contributed by atoms with Gasteiger partial charge in [0.1, 0.15) is 11.7 Å². The fourth-order valence-corrected chi connectivity index (χ4v) is 2.88. The first-order valence-electron chi connectivity index (χ1n) is 8.41. The predicted molar refractivity (Wildman–Crippen MR) is 93.7 cm³/mol. The molecule has 3 aromatic rings. The summed E-state index contributed by atoms with van der Waals surface area (Å²) >= 11 is 0. The molecule has 1 amide bonds. The van der Waals surface area contributed by atoms with Crippen molar-refractivity contribution in [2.75, 3.05) is 0 Å². The van der Waals surface area contributed by atoms with Crippen LogP contribution in [0.2, 0.25) is 0 Å². The van der Waals surface area contributed by atoms with Crippen molar-refractivity contribution in [1.29, 1.82) is 0 Å². The molecule has 0 bridgehead atoms. The molecule has 0 radical (unpaired) electrons. The van der Waals surface area contributed by atoms with Crippen LogP contribution in [0, 0.1) is 13.8 Å². The van der Waals surface area contributed by atoms with Gasteiger partial charge in [-0.05, 0) is 33.8 Å². The molecule has 2 atom stereocenters. The maximum Gasteiger partial charge on any atom is 0.282 e. The third-order valence-corrected chi connectivity index (χ3v) is 4.31. The van der Waals surface area contributed by atoms with Crippen LogP contribution >= 0.6 is 0 Å². The van der Waals surface area contributed by atoms with Crippen molar-refractivity contribution in [3.63, 3.8) is 0 Å². The van der Waals surface area contributed by atoms with E-state index in [1.165, 1.54) is 21.3 Å². The highest BCUT2D eigenvalue weighted by atomic mass is 19.3. The molecule has 144 valence electrons. The maximum atomic E-state index is 12.8. The molecule has 10 heteroatoms. The van der Waals surface area contributed by atoms with Crippen molar-refractivity contribution in [2.24, 2.45) is 0 Å². The van der Waals surface area contributed by atoms with Gasteiger partial charge < -0.3 is 5.32 Å². The van der Waals surface area contributed by atoms with Gasteiger partial charge in [-0.3, -0.25) is 19.4 Å². The van der Waals surface area contributed by atoms with E-state index in [2.05, 4.69) is 20.5 Å². The van der Waals surface area contributed by atoms with Crippen LogP contribution in [0.3, 0.4) is 0 Å². The molecule has 0 unspecified atom stereocenters. The number of hydrogen-bond acceptors (Lipinski definition) is 4. The predicted octanol–water partition coefficient (Wildman–Crippen LogP) is 2.21. The van der Waals surface area contributed by atoms with E-state index in [0.717, 1.165) is 5.69 Å². The SMILES string of the molecule is Cc1cc2nc([C@@H](C)NC(=O)[C@H](C)n3nc(C(F)F)cc3C)cc(=O)n2[nH]1. The van der Waals surface area contributed by atoms with Gasteiger partial charge in [0, 0.05) is 23.5 Å². The van der Waals surface area contributed by atoms with E-state index >= 15 is 0 Å². The summed E-state index contributed by atoms with van der Waals surface area (Å²) in [5.74, 6) is -0.415. The number of aryl methyl sites for hydroxylation is 2. The number of hydrogen-bond donors (Lipinski definition) is 2. The third kappa shape index (κ3) is 3.60. The highest BCUT2D eigenvalue weighted by molar-refractivity contribution is 5.80. The van der Waals surface area contributed by atoms with E-state index in [0.29, 0.717) is 17.0 Å². The van der Waals surface area contributed by atoms with Crippen LogP contribution < -0.4 is 10.9 Å². The van der Waals surface area contributed by atoms with E-state index in [1.54, 1.807) is 33.8 Å². The summed E-state index contributed by atoms with van der Waals surface area (Å²) in [6.45, 7) is 6.68. The van der Waals surface area contributed by atoms with Crippen LogP contribution in [0.15, 0.2) is 23.0 Å². The van der Waals surface area contributed by atoms with Crippen molar-refractivity contribution in [2.45, 2.75) is 46.2 Å². The number of amides is 1. The lowest BCUT2D eigenvalue weighted by Crippen LogP contribution is -2.34. The normalized spacial score (nSPS) is 13.9. The Labute approximate surface area is 153 Å². The zero-order chi connectivity index (χ0) is 19.9. The number of carbonyl (C=O) groups is 1.